The zero-order chi connectivity index (χ0) is 24.5. The topological polar surface area (TPSA) is 70.6 Å². The van der Waals surface area contributed by atoms with E-state index in [9.17, 15) is 4.79 Å². The molecule has 1 amide bonds. The molecule has 1 aliphatic rings. The van der Waals surface area contributed by atoms with Crippen LogP contribution in [0, 0.1) is 0 Å². The fourth-order valence-corrected chi connectivity index (χ4v) is 4.94. The lowest BCUT2D eigenvalue weighted by atomic mass is 10.1. The second-order valence-corrected chi connectivity index (χ2v) is 9.64. The SMILES string of the molecule is CCCCc1ccc(C(=O)NCCN2CCN(c3nc(Cc4cccc(OC)c4)ns3)CC2)cc1. The predicted molar refractivity (Wildman–Crippen MR) is 142 cm³/mol. The van der Waals surface area contributed by atoms with Crippen molar-refractivity contribution in [1.29, 1.82) is 0 Å². The monoisotopic (exact) mass is 493 g/mol. The highest BCUT2D eigenvalue weighted by atomic mass is 32.1. The smallest absolute Gasteiger partial charge is 0.251 e. The highest BCUT2D eigenvalue weighted by Gasteiger charge is 2.20. The van der Waals surface area contributed by atoms with Gasteiger partial charge >= 0.3 is 0 Å². The van der Waals surface area contributed by atoms with E-state index in [-0.39, 0.29) is 5.91 Å². The molecule has 0 radical (unpaired) electrons. The van der Waals surface area contributed by atoms with Gasteiger partial charge in [0.25, 0.3) is 5.91 Å². The molecule has 186 valence electrons. The molecule has 1 N–H and O–H groups in total. The number of carbonyl (C=O) groups is 1. The Morgan fingerprint density at radius 2 is 1.89 bits per heavy atom. The Balaban J connectivity index is 1.18. The number of nitrogens with one attached hydrogen (secondary N) is 1. The Morgan fingerprint density at radius 3 is 2.63 bits per heavy atom. The molecule has 1 aromatic heterocycles. The van der Waals surface area contributed by atoms with Crippen LogP contribution >= 0.6 is 11.5 Å². The molecule has 0 bridgehead atoms. The van der Waals surface area contributed by atoms with E-state index in [1.54, 1.807) is 7.11 Å². The maximum absolute atomic E-state index is 12.5. The highest BCUT2D eigenvalue weighted by molar-refractivity contribution is 7.09. The van der Waals surface area contributed by atoms with Gasteiger partial charge in [-0.3, -0.25) is 9.69 Å². The number of nitrogens with zero attached hydrogens (tertiary/aromatic N) is 4. The second-order valence-electron chi connectivity index (χ2n) is 8.91. The van der Waals surface area contributed by atoms with Crippen molar-refractivity contribution in [2.75, 3.05) is 51.3 Å². The minimum atomic E-state index is 0.00287. The number of ether oxygens (including phenoxy) is 1. The quantitative estimate of drug-likeness (QED) is 0.435. The van der Waals surface area contributed by atoms with E-state index in [2.05, 4.69) is 44.6 Å². The van der Waals surface area contributed by atoms with Crippen molar-refractivity contribution in [3.8, 4) is 5.75 Å². The van der Waals surface area contributed by atoms with E-state index in [0.717, 1.165) is 67.0 Å². The summed E-state index contributed by atoms with van der Waals surface area (Å²) < 4.78 is 9.87. The molecule has 1 saturated heterocycles. The van der Waals surface area contributed by atoms with Gasteiger partial charge in [-0.2, -0.15) is 4.37 Å². The maximum atomic E-state index is 12.5. The first-order chi connectivity index (χ1) is 17.1. The summed E-state index contributed by atoms with van der Waals surface area (Å²) in [6.07, 6.45) is 4.14. The first-order valence-electron chi connectivity index (χ1n) is 12.4. The van der Waals surface area contributed by atoms with Crippen LogP contribution in [0.5, 0.6) is 5.75 Å². The highest BCUT2D eigenvalue weighted by Crippen LogP contribution is 2.21. The first-order valence-corrected chi connectivity index (χ1v) is 13.2. The number of hydrogen-bond donors (Lipinski definition) is 1. The third-order valence-electron chi connectivity index (χ3n) is 6.35. The molecule has 0 unspecified atom stereocenters. The Kier molecular flexibility index (Phi) is 9.08. The van der Waals surface area contributed by atoms with Crippen molar-refractivity contribution in [2.45, 2.75) is 32.6 Å². The van der Waals surface area contributed by atoms with Crippen LogP contribution in [0.25, 0.3) is 0 Å². The normalized spacial score (nSPS) is 14.2. The van der Waals surface area contributed by atoms with Crippen molar-refractivity contribution in [3.05, 3.63) is 71.0 Å². The fourth-order valence-electron chi connectivity index (χ4n) is 4.21. The van der Waals surface area contributed by atoms with E-state index < -0.39 is 0 Å². The minimum absolute atomic E-state index is 0.00287. The van der Waals surface area contributed by atoms with Crippen LogP contribution in [-0.2, 0) is 12.8 Å². The van der Waals surface area contributed by atoms with E-state index in [0.29, 0.717) is 13.0 Å². The molecule has 0 saturated carbocycles. The number of carbonyl (C=O) groups excluding carboxylic acids is 1. The average Bonchev–Trinajstić information content (AvgIpc) is 3.36. The summed E-state index contributed by atoms with van der Waals surface area (Å²) in [5.74, 6) is 1.70. The number of anilines is 1. The van der Waals surface area contributed by atoms with Gasteiger partial charge in [0.15, 0.2) is 0 Å². The van der Waals surface area contributed by atoms with Gasteiger partial charge in [-0.05, 0) is 48.2 Å². The number of benzene rings is 2. The lowest BCUT2D eigenvalue weighted by Gasteiger charge is -2.34. The maximum Gasteiger partial charge on any atom is 0.251 e. The summed E-state index contributed by atoms with van der Waals surface area (Å²) in [4.78, 5) is 21.9. The predicted octanol–water partition coefficient (Wildman–Crippen LogP) is 4.03. The van der Waals surface area contributed by atoms with Crippen molar-refractivity contribution >= 4 is 22.6 Å². The molecule has 0 aliphatic carbocycles. The lowest BCUT2D eigenvalue weighted by molar-refractivity contribution is 0.0947. The standard InChI is InChI=1S/C27H35N5O2S/c1-3-4-6-21-9-11-23(12-10-21)26(33)28-13-14-31-15-17-32(18-16-31)27-29-25(30-35-27)20-22-7-5-8-24(19-22)34-2/h5,7-12,19H,3-4,6,13-18,20H2,1-2H3,(H,28,33). The molecule has 3 aromatic rings. The Bertz CT molecular complexity index is 1080. The van der Waals surface area contributed by atoms with E-state index >= 15 is 0 Å². The first kappa shape index (κ1) is 25.1. The minimum Gasteiger partial charge on any atom is -0.497 e. The molecule has 35 heavy (non-hydrogen) atoms. The molecule has 2 heterocycles. The third-order valence-corrected chi connectivity index (χ3v) is 7.16. The summed E-state index contributed by atoms with van der Waals surface area (Å²) in [5.41, 5.74) is 3.17. The number of piperazine rings is 1. The molecule has 4 rings (SSSR count). The van der Waals surface area contributed by atoms with Gasteiger partial charge in [0.05, 0.1) is 7.11 Å². The van der Waals surface area contributed by atoms with Crippen LogP contribution in [0.3, 0.4) is 0 Å². The molecule has 8 heteroatoms. The molecule has 0 spiro atoms. The zero-order valence-electron chi connectivity index (χ0n) is 20.7. The summed E-state index contributed by atoms with van der Waals surface area (Å²) in [6, 6.07) is 16.0. The summed E-state index contributed by atoms with van der Waals surface area (Å²) in [7, 11) is 1.68. The van der Waals surface area contributed by atoms with Crippen LogP contribution < -0.4 is 15.0 Å². The van der Waals surface area contributed by atoms with E-state index in [4.69, 9.17) is 9.72 Å². The number of aromatic nitrogens is 2. The number of aryl methyl sites for hydroxylation is 1. The summed E-state index contributed by atoms with van der Waals surface area (Å²) >= 11 is 1.47. The van der Waals surface area contributed by atoms with Crippen molar-refractivity contribution < 1.29 is 9.53 Å². The third kappa shape index (κ3) is 7.26. The van der Waals surface area contributed by atoms with Crippen LogP contribution in [0.15, 0.2) is 48.5 Å². The molecular weight excluding hydrogens is 458 g/mol. The van der Waals surface area contributed by atoms with Gasteiger partial charge in [0.1, 0.15) is 11.6 Å². The number of hydrogen-bond acceptors (Lipinski definition) is 7. The fraction of sp³-hybridized carbons (Fsp3) is 0.444. The van der Waals surface area contributed by atoms with Gasteiger partial charge < -0.3 is 15.0 Å². The number of unbranched alkanes of at least 4 members (excludes halogenated alkanes) is 1. The molecule has 7 nitrogen and oxygen atoms in total. The van der Waals surface area contributed by atoms with Gasteiger partial charge in [-0.25, -0.2) is 4.98 Å². The number of rotatable bonds is 11. The Hall–Kier alpha value is -2.97. The van der Waals surface area contributed by atoms with Gasteiger partial charge in [-0.1, -0.05) is 37.6 Å². The number of methoxy groups -OCH3 is 1. The Morgan fingerprint density at radius 1 is 1.09 bits per heavy atom. The van der Waals surface area contributed by atoms with Crippen molar-refractivity contribution in [2.24, 2.45) is 0 Å². The van der Waals surface area contributed by atoms with Crippen molar-refractivity contribution in [3.63, 3.8) is 0 Å². The summed E-state index contributed by atoms with van der Waals surface area (Å²) in [6.45, 7) is 7.44. The van der Waals surface area contributed by atoms with Gasteiger partial charge in [0.2, 0.25) is 5.13 Å². The van der Waals surface area contributed by atoms with Crippen LogP contribution in [-0.4, -0.2) is 66.5 Å². The largest absolute Gasteiger partial charge is 0.497 e. The van der Waals surface area contributed by atoms with Crippen molar-refractivity contribution in [1.82, 2.24) is 19.6 Å². The van der Waals surface area contributed by atoms with E-state index in [1.165, 1.54) is 29.9 Å². The van der Waals surface area contributed by atoms with Crippen LogP contribution in [0.2, 0.25) is 0 Å². The zero-order valence-corrected chi connectivity index (χ0v) is 21.5. The molecule has 0 atom stereocenters. The molecular formula is C27H35N5O2S. The second kappa shape index (κ2) is 12.7. The Labute approximate surface area is 212 Å². The van der Waals surface area contributed by atoms with Gasteiger partial charge in [0, 0.05) is 62.8 Å². The van der Waals surface area contributed by atoms with E-state index in [1.807, 2.05) is 30.3 Å². The van der Waals surface area contributed by atoms with Crippen LogP contribution in [0.1, 0.15) is 47.1 Å². The van der Waals surface area contributed by atoms with Gasteiger partial charge in [-0.15, -0.1) is 0 Å². The molecule has 2 aromatic carbocycles. The molecule has 1 aliphatic heterocycles. The number of amides is 1. The average molecular weight is 494 g/mol. The lowest BCUT2D eigenvalue weighted by Crippen LogP contribution is -2.48. The molecule has 1 fully saturated rings. The van der Waals surface area contributed by atoms with Crippen LogP contribution in [0.4, 0.5) is 5.13 Å². The summed E-state index contributed by atoms with van der Waals surface area (Å²) in [5, 5.41) is 4.05.